The van der Waals surface area contributed by atoms with E-state index in [0.717, 1.165) is 17.0 Å². The highest BCUT2D eigenvalue weighted by molar-refractivity contribution is 5.77. The van der Waals surface area contributed by atoms with Crippen LogP contribution in [0.4, 0.5) is 0 Å². The summed E-state index contributed by atoms with van der Waals surface area (Å²) in [6.07, 6.45) is 8.02. The molecule has 0 saturated carbocycles. The molecule has 1 atom stereocenters. The van der Waals surface area contributed by atoms with Crippen molar-refractivity contribution >= 4 is 16.9 Å². The van der Waals surface area contributed by atoms with Crippen LogP contribution < -0.4 is 10.3 Å². The van der Waals surface area contributed by atoms with Crippen molar-refractivity contribution in [1.82, 2.24) is 24.0 Å². The molecule has 9 nitrogen and oxygen atoms in total. The third kappa shape index (κ3) is 5.13. The van der Waals surface area contributed by atoms with Gasteiger partial charge in [-0.05, 0) is 60.7 Å². The molecule has 4 heterocycles. The summed E-state index contributed by atoms with van der Waals surface area (Å²) in [7, 11) is 1.62. The van der Waals surface area contributed by atoms with Gasteiger partial charge in [-0.25, -0.2) is 4.98 Å². The molecule has 0 radical (unpaired) electrons. The first-order chi connectivity index (χ1) is 17.9. The van der Waals surface area contributed by atoms with Gasteiger partial charge in [0.25, 0.3) is 5.56 Å². The summed E-state index contributed by atoms with van der Waals surface area (Å²) in [6, 6.07) is 13.1. The van der Waals surface area contributed by atoms with Gasteiger partial charge in [-0.15, -0.1) is 0 Å². The van der Waals surface area contributed by atoms with E-state index in [2.05, 4.69) is 9.97 Å². The van der Waals surface area contributed by atoms with Crippen LogP contribution in [0.5, 0.6) is 5.75 Å². The van der Waals surface area contributed by atoms with E-state index in [0.29, 0.717) is 43.4 Å². The number of carbonyl (C=O) groups excluding carboxylic acids is 1. The Hall–Kier alpha value is -3.98. The lowest BCUT2D eigenvalue weighted by molar-refractivity contribution is -0.136. The minimum absolute atomic E-state index is 0.0681. The maximum atomic E-state index is 13.2. The van der Waals surface area contributed by atoms with Crippen LogP contribution >= 0.6 is 0 Å². The lowest BCUT2D eigenvalue weighted by Gasteiger charge is -2.38. The van der Waals surface area contributed by atoms with E-state index in [4.69, 9.17) is 4.74 Å². The topological polar surface area (TPSA) is 102 Å². The van der Waals surface area contributed by atoms with Crippen molar-refractivity contribution in [3.8, 4) is 11.4 Å². The minimum atomic E-state index is -1.08. The highest BCUT2D eigenvalue weighted by Crippen LogP contribution is 2.27. The van der Waals surface area contributed by atoms with Crippen molar-refractivity contribution in [2.75, 3.05) is 20.2 Å². The summed E-state index contributed by atoms with van der Waals surface area (Å²) >= 11 is 0. The third-order valence-electron chi connectivity index (χ3n) is 7.27. The number of pyridine rings is 1. The Morgan fingerprint density at radius 2 is 1.92 bits per heavy atom. The van der Waals surface area contributed by atoms with Crippen LogP contribution in [0.2, 0.25) is 0 Å². The SMILES string of the molecule is COc1ccc(-n2ccc3c(=O)n(CC4(O)CCN(C(=O)CC(C)c5cccnc5)CC4)cnc32)cc1. The smallest absolute Gasteiger partial charge is 0.262 e. The Bertz CT molecular complexity index is 1440. The number of nitrogens with zero attached hydrogens (tertiary/aromatic N) is 5. The number of amides is 1. The first-order valence-electron chi connectivity index (χ1n) is 12.5. The van der Waals surface area contributed by atoms with Gasteiger partial charge in [0.15, 0.2) is 5.65 Å². The van der Waals surface area contributed by atoms with E-state index >= 15 is 0 Å². The monoisotopic (exact) mass is 501 g/mol. The average molecular weight is 502 g/mol. The summed E-state index contributed by atoms with van der Waals surface area (Å²) in [4.78, 5) is 36.6. The molecule has 1 aliphatic heterocycles. The summed E-state index contributed by atoms with van der Waals surface area (Å²) in [5.41, 5.74) is 1.18. The summed E-state index contributed by atoms with van der Waals surface area (Å²) < 4.78 is 8.55. The van der Waals surface area contributed by atoms with E-state index < -0.39 is 5.60 Å². The zero-order valence-electron chi connectivity index (χ0n) is 21.1. The van der Waals surface area contributed by atoms with Crippen LogP contribution in [0.3, 0.4) is 0 Å². The van der Waals surface area contributed by atoms with Crippen molar-refractivity contribution in [2.24, 2.45) is 0 Å². The molecule has 4 aromatic rings. The predicted octanol–water partition coefficient (Wildman–Crippen LogP) is 3.14. The van der Waals surface area contributed by atoms with Crippen molar-refractivity contribution in [1.29, 1.82) is 0 Å². The van der Waals surface area contributed by atoms with E-state index in [1.165, 1.54) is 10.9 Å². The van der Waals surface area contributed by atoms with E-state index in [-0.39, 0.29) is 23.9 Å². The Morgan fingerprint density at radius 3 is 2.59 bits per heavy atom. The number of hydrogen-bond acceptors (Lipinski definition) is 6. The van der Waals surface area contributed by atoms with Crippen molar-refractivity contribution in [3.63, 3.8) is 0 Å². The summed E-state index contributed by atoms with van der Waals surface area (Å²) in [5.74, 6) is 0.890. The first kappa shape index (κ1) is 24.7. The summed E-state index contributed by atoms with van der Waals surface area (Å²) in [5, 5.41) is 11.7. The van der Waals surface area contributed by atoms with Crippen LogP contribution in [0.25, 0.3) is 16.7 Å². The molecule has 1 aromatic carbocycles. The standard InChI is InChI=1S/C28H31N5O4/c1-20(21-4-3-12-29-17-21)16-25(34)31-14-10-28(36,11-15-31)18-32-19-30-26-24(27(32)35)9-13-33(26)22-5-7-23(37-2)8-6-22/h3-9,12-13,17,19-20,36H,10-11,14-16,18H2,1-2H3. The maximum absolute atomic E-state index is 13.2. The van der Waals surface area contributed by atoms with E-state index in [9.17, 15) is 14.7 Å². The average Bonchev–Trinajstić information content (AvgIpc) is 3.36. The fourth-order valence-corrected chi connectivity index (χ4v) is 4.94. The Morgan fingerprint density at radius 1 is 1.16 bits per heavy atom. The molecule has 3 aromatic heterocycles. The Labute approximate surface area is 215 Å². The number of ether oxygens (including phenoxy) is 1. The lowest BCUT2D eigenvalue weighted by Crippen LogP contribution is -2.49. The lowest BCUT2D eigenvalue weighted by atomic mass is 9.90. The van der Waals surface area contributed by atoms with Gasteiger partial charge in [-0.3, -0.25) is 19.1 Å². The molecule has 1 saturated heterocycles. The van der Waals surface area contributed by atoms with Gasteiger partial charge in [0.05, 0.1) is 24.6 Å². The van der Waals surface area contributed by atoms with Crippen LogP contribution in [-0.2, 0) is 11.3 Å². The second kappa shape index (κ2) is 10.2. The number of likely N-dealkylation sites (tertiary alicyclic amines) is 1. The number of carbonyl (C=O) groups is 1. The van der Waals surface area contributed by atoms with Gasteiger partial charge >= 0.3 is 0 Å². The number of piperidine rings is 1. The fourth-order valence-electron chi connectivity index (χ4n) is 4.94. The molecular formula is C28H31N5O4. The summed E-state index contributed by atoms with van der Waals surface area (Å²) in [6.45, 7) is 3.06. The van der Waals surface area contributed by atoms with Crippen molar-refractivity contribution in [3.05, 3.63) is 83.3 Å². The van der Waals surface area contributed by atoms with Crippen LogP contribution in [0.1, 0.15) is 37.7 Å². The second-order valence-corrected chi connectivity index (χ2v) is 9.80. The molecule has 37 heavy (non-hydrogen) atoms. The number of fused-ring (bicyclic) bond motifs is 1. The van der Waals surface area contributed by atoms with Gasteiger partial charge in [0.2, 0.25) is 5.91 Å². The minimum Gasteiger partial charge on any atom is -0.497 e. The van der Waals surface area contributed by atoms with E-state index in [1.54, 1.807) is 30.5 Å². The molecule has 192 valence electrons. The fraction of sp³-hybridized carbons (Fsp3) is 0.357. The molecule has 0 spiro atoms. The van der Waals surface area contributed by atoms with Gasteiger partial charge in [-0.1, -0.05) is 13.0 Å². The zero-order chi connectivity index (χ0) is 26.0. The highest BCUT2D eigenvalue weighted by atomic mass is 16.5. The quantitative estimate of drug-likeness (QED) is 0.417. The van der Waals surface area contributed by atoms with Gasteiger partial charge in [0, 0.05) is 43.8 Å². The van der Waals surface area contributed by atoms with Gasteiger partial charge in [0.1, 0.15) is 12.1 Å². The largest absolute Gasteiger partial charge is 0.497 e. The highest BCUT2D eigenvalue weighted by Gasteiger charge is 2.35. The normalized spacial score (nSPS) is 16.0. The molecule has 1 unspecified atom stereocenters. The molecule has 1 amide bonds. The number of aliphatic hydroxyl groups is 1. The number of aromatic nitrogens is 4. The second-order valence-electron chi connectivity index (χ2n) is 9.80. The van der Waals surface area contributed by atoms with Crippen LogP contribution in [0, 0.1) is 0 Å². The van der Waals surface area contributed by atoms with Gasteiger partial charge in [-0.2, -0.15) is 0 Å². The van der Waals surface area contributed by atoms with E-state index in [1.807, 2.05) is 54.1 Å². The van der Waals surface area contributed by atoms with Gasteiger partial charge < -0.3 is 19.3 Å². The third-order valence-corrected chi connectivity index (χ3v) is 7.27. The zero-order valence-corrected chi connectivity index (χ0v) is 21.1. The molecule has 1 fully saturated rings. The Balaban J connectivity index is 1.25. The Kier molecular flexibility index (Phi) is 6.80. The molecule has 1 N–H and O–H groups in total. The number of benzene rings is 1. The van der Waals surface area contributed by atoms with Crippen LogP contribution in [0.15, 0.2) is 72.2 Å². The molecular weight excluding hydrogens is 470 g/mol. The van der Waals surface area contributed by atoms with Crippen LogP contribution in [-0.4, -0.2) is 60.8 Å². The number of hydrogen-bond donors (Lipinski definition) is 1. The maximum Gasteiger partial charge on any atom is 0.262 e. The molecule has 9 heteroatoms. The first-order valence-corrected chi connectivity index (χ1v) is 12.5. The number of methoxy groups -OCH3 is 1. The van der Waals surface area contributed by atoms with Crippen molar-refractivity contribution in [2.45, 2.75) is 44.2 Å². The number of rotatable bonds is 7. The molecule has 0 bridgehead atoms. The molecule has 1 aliphatic rings. The molecule has 0 aliphatic carbocycles. The van der Waals surface area contributed by atoms with Crippen molar-refractivity contribution < 1.29 is 14.6 Å². The molecule has 5 rings (SSSR count). The predicted molar refractivity (Wildman–Crippen MR) is 140 cm³/mol.